The van der Waals surface area contributed by atoms with Gasteiger partial charge in [-0.15, -0.1) is 11.3 Å². The number of ether oxygens (including phenoxy) is 1. The highest BCUT2D eigenvalue weighted by atomic mass is 35.5. The van der Waals surface area contributed by atoms with Gasteiger partial charge in [-0.1, -0.05) is 41.9 Å². The zero-order valence-corrected chi connectivity index (χ0v) is 17.7. The first-order valence-electron chi connectivity index (χ1n) is 9.28. The second kappa shape index (κ2) is 8.92. The van der Waals surface area contributed by atoms with Gasteiger partial charge in [0.25, 0.3) is 0 Å². The number of carbonyl (C=O) groups excluding carboxylic acids is 1. The molecule has 0 aliphatic carbocycles. The van der Waals surface area contributed by atoms with Crippen LogP contribution in [0.3, 0.4) is 0 Å². The molecule has 152 valence electrons. The molecule has 3 N–H and O–H groups in total. The van der Waals surface area contributed by atoms with Gasteiger partial charge in [-0.2, -0.15) is 5.26 Å². The Morgan fingerprint density at radius 3 is 2.29 bits per heavy atom. The van der Waals surface area contributed by atoms with E-state index in [9.17, 15) is 10.1 Å². The summed E-state index contributed by atoms with van der Waals surface area (Å²) in [7, 11) is 0. The van der Waals surface area contributed by atoms with E-state index in [1.165, 1.54) is 0 Å². The van der Waals surface area contributed by atoms with Crippen molar-refractivity contribution >= 4 is 45.1 Å². The van der Waals surface area contributed by atoms with E-state index in [1.54, 1.807) is 36.4 Å². The molecule has 4 aromatic rings. The van der Waals surface area contributed by atoms with E-state index in [0.29, 0.717) is 37.7 Å². The molecule has 0 saturated carbocycles. The number of nitrogens with one attached hydrogen (secondary N) is 1. The molecule has 1 aromatic heterocycles. The van der Waals surface area contributed by atoms with Crippen LogP contribution in [-0.2, 0) is 0 Å². The number of hydrogen-bond donors (Lipinski definition) is 2. The molecule has 5 nitrogen and oxygen atoms in total. The highest BCUT2D eigenvalue weighted by Crippen LogP contribution is 2.39. The minimum atomic E-state index is -0.266. The Kier molecular flexibility index (Phi) is 5.89. The van der Waals surface area contributed by atoms with Gasteiger partial charge in [0.15, 0.2) is 0 Å². The van der Waals surface area contributed by atoms with Crippen molar-refractivity contribution in [2.75, 3.05) is 11.1 Å². The van der Waals surface area contributed by atoms with Crippen LogP contribution in [0.25, 0.3) is 0 Å². The highest BCUT2D eigenvalue weighted by Gasteiger charge is 2.22. The minimum Gasteiger partial charge on any atom is -0.457 e. The number of thiophene rings is 1. The highest BCUT2D eigenvalue weighted by molar-refractivity contribution is 7.19. The molecule has 31 heavy (non-hydrogen) atoms. The maximum atomic E-state index is 13.1. The lowest BCUT2D eigenvalue weighted by molar-refractivity contribution is 0.104. The third-order valence-electron chi connectivity index (χ3n) is 4.48. The summed E-state index contributed by atoms with van der Waals surface area (Å²) in [5, 5.41) is 13.6. The smallest absolute Gasteiger partial charge is 0.205 e. The van der Waals surface area contributed by atoms with Crippen molar-refractivity contribution in [1.29, 1.82) is 5.26 Å². The quantitative estimate of drug-likeness (QED) is 0.325. The summed E-state index contributed by atoms with van der Waals surface area (Å²) < 4.78 is 5.76. The van der Waals surface area contributed by atoms with Gasteiger partial charge in [-0.25, -0.2) is 0 Å². The van der Waals surface area contributed by atoms with Crippen molar-refractivity contribution in [3.8, 4) is 17.6 Å². The topological polar surface area (TPSA) is 88.1 Å². The predicted molar refractivity (Wildman–Crippen MR) is 125 cm³/mol. The number of anilines is 3. The van der Waals surface area contributed by atoms with E-state index in [-0.39, 0.29) is 17.0 Å². The van der Waals surface area contributed by atoms with Gasteiger partial charge < -0.3 is 15.8 Å². The van der Waals surface area contributed by atoms with E-state index in [2.05, 4.69) is 11.4 Å². The summed E-state index contributed by atoms with van der Waals surface area (Å²) in [6.07, 6.45) is 0. The molecule has 0 aliphatic heterocycles. The SMILES string of the molecule is N#Cc1c(Nc2ccccc2Cl)sc(C(=O)c2ccc(Oc3ccccc3)cc2)c1N. The van der Waals surface area contributed by atoms with Crippen LogP contribution < -0.4 is 15.8 Å². The normalized spacial score (nSPS) is 10.3. The first kappa shape index (κ1) is 20.5. The average molecular weight is 446 g/mol. The predicted octanol–water partition coefficient (Wildman–Crippen LogP) is 6.62. The maximum absolute atomic E-state index is 13.1. The summed E-state index contributed by atoms with van der Waals surface area (Å²) in [6.45, 7) is 0. The van der Waals surface area contributed by atoms with Gasteiger partial charge >= 0.3 is 0 Å². The number of halogens is 1. The number of nitrogen functional groups attached to an aromatic ring is 1. The number of carbonyl (C=O) groups is 1. The molecule has 7 heteroatoms. The Morgan fingerprint density at radius 2 is 1.61 bits per heavy atom. The molecule has 0 fully saturated rings. The van der Waals surface area contributed by atoms with E-state index in [1.807, 2.05) is 42.5 Å². The second-order valence-electron chi connectivity index (χ2n) is 6.53. The Labute approximate surface area is 188 Å². The number of benzene rings is 3. The van der Waals surface area contributed by atoms with Crippen molar-refractivity contribution < 1.29 is 9.53 Å². The van der Waals surface area contributed by atoms with Crippen LogP contribution >= 0.6 is 22.9 Å². The molecule has 0 atom stereocenters. The number of nitriles is 1. The van der Waals surface area contributed by atoms with Crippen molar-refractivity contribution in [2.24, 2.45) is 0 Å². The zero-order chi connectivity index (χ0) is 21.8. The maximum Gasteiger partial charge on any atom is 0.205 e. The molecular weight excluding hydrogens is 430 g/mol. The molecule has 0 bridgehead atoms. The molecule has 4 rings (SSSR count). The van der Waals surface area contributed by atoms with Gasteiger partial charge in [0.1, 0.15) is 33.0 Å². The van der Waals surface area contributed by atoms with Crippen molar-refractivity contribution in [2.45, 2.75) is 0 Å². The molecule has 0 unspecified atom stereocenters. The molecule has 0 saturated heterocycles. The number of hydrogen-bond acceptors (Lipinski definition) is 6. The lowest BCUT2D eigenvalue weighted by Crippen LogP contribution is -2.02. The largest absolute Gasteiger partial charge is 0.457 e. The lowest BCUT2D eigenvalue weighted by atomic mass is 10.1. The lowest BCUT2D eigenvalue weighted by Gasteiger charge is -2.06. The Morgan fingerprint density at radius 1 is 0.968 bits per heavy atom. The van der Waals surface area contributed by atoms with Gasteiger partial charge in [0, 0.05) is 5.56 Å². The number of rotatable bonds is 6. The molecular formula is C24H16ClN3O2S. The third-order valence-corrected chi connectivity index (χ3v) is 5.93. The zero-order valence-electron chi connectivity index (χ0n) is 16.1. The van der Waals surface area contributed by atoms with Crippen LogP contribution in [0.5, 0.6) is 11.5 Å². The number of nitrogens with two attached hydrogens (primary N) is 1. The molecule has 0 aliphatic rings. The fourth-order valence-corrected chi connectivity index (χ4v) is 4.15. The van der Waals surface area contributed by atoms with Crippen molar-refractivity contribution in [1.82, 2.24) is 0 Å². The Hall–Kier alpha value is -3.79. The van der Waals surface area contributed by atoms with Crippen LogP contribution in [-0.4, -0.2) is 5.78 Å². The second-order valence-corrected chi connectivity index (χ2v) is 7.96. The van der Waals surface area contributed by atoms with Gasteiger partial charge in [0.05, 0.1) is 16.4 Å². The first-order chi connectivity index (χ1) is 15.1. The molecule has 1 heterocycles. The third kappa shape index (κ3) is 4.38. The minimum absolute atomic E-state index is 0.150. The van der Waals surface area contributed by atoms with Crippen LogP contribution in [0.15, 0.2) is 78.9 Å². The van der Waals surface area contributed by atoms with Gasteiger partial charge in [-0.05, 0) is 48.5 Å². The molecule has 3 aromatic carbocycles. The summed E-state index contributed by atoms with van der Waals surface area (Å²) in [5.41, 5.74) is 7.59. The van der Waals surface area contributed by atoms with E-state index < -0.39 is 0 Å². The van der Waals surface area contributed by atoms with Gasteiger partial charge in [-0.3, -0.25) is 4.79 Å². The van der Waals surface area contributed by atoms with Crippen molar-refractivity contribution in [3.63, 3.8) is 0 Å². The summed E-state index contributed by atoms with van der Waals surface area (Å²) in [4.78, 5) is 13.4. The van der Waals surface area contributed by atoms with E-state index in [4.69, 9.17) is 22.1 Å². The van der Waals surface area contributed by atoms with Crippen LogP contribution in [0.1, 0.15) is 20.8 Å². The van der Waals surface area contributed by atoms with E-state index >= 15 is 0 Å². The molecule has 0 radical (unpaired) electrons. The number of nitrogens with zero attached hydrogens (tertiary/aromatic N) is 1. The van der Waals surface area contributed by atoms with Crippen LogP contribution in [0.4, 0.5) is 16.4 Å². The summed E-state index contributed by atoms with van der Waals surface area (Å²) >= 11 is 7.32. The van der Waals surface area contributed by atoms with Gasteiger partial charge in [0.2, 0.25) is 5.78 Å². The fourth-order valence-electron chi connectivity index (χ4n) is 2.93. The monoisotopic (exact) mass is 445 g/mol. The Bertz CT molecular complexity index is 1280. The number of ketones is 1. The Balaban J connectivity index is 1.59. The molecule has 0 spiro atoms. The fraction of sp³-hybridized carbons (Fsp3) is 0. The standard InChI is InChI=1S/C24H16ClN3O2S/c25-19-8-4-5-9-20(19)28-24-18(14-26)21(27)23(31-24)22(29)15-10-12-17(13-11-15)30-16-6-2-1-3-7-16/h1-13,28H,27H2. The van der Waals surface area contributed by atoms with Crippen LogP contribution in [0.2, 0.25) is 5.02 Å². The average Bonchev–Trinajstić information content (AvgIpc) is 3.11. The summed E-state index contributed by atoms with van der Waals surface area (Å²) in [5.74, 6) is 1.05. The van der Waals surface area contributed by atoms with Crippen LogP contribution in [0, 0.1) is 11.3 Å². The van der Waals surface area contributed by atoms with Crippen molar-refractivity contribution in [3.05, 3.63) is 99.9 Å². The first-order valence-corrected chi connectivity index (χ1v) is 10.5. The number of para-hydroxylation sites is 2. The molecule has 0 amide bonds. The van der Waals surface area contributed by atoms with E-state index in [0.717, 1.165) is 11.3 Å². The summed E-state index contributed by atoms with van der Waals surface area (Å²) in [6, 6.07) is 25.4.